The number of benzene rings is 2. The van der Waals surface area contributed by atoms with E-state index in [1.165, 1.54) is 4.90 Å². The van der Waals surface area contributed by atoms with Gasteiger partial charge in [-0.1, -0.05) is 48.5 Å². The van der Waals surface area contributed by atoms with Gasteiger partial charge in [0.25, 0.3) is 0 Å². The van der Waals surface area contributed by atoms with Crippen LogP contribution >= 0.6 is 0 Å². The zero-order valence-electron chi connectivity index (χ0n) is 22.6. The van der Waals surface area contributed by atoms with Gasteiger partial charge >= 0.3 is 6.09 Å². The maximum Gasteiger partial charge on any atom is 0.408 e. The number of ether oxygens (including phenoxy) is 1. The average molecular weight is 527 g/mol. The predicted molar refractivity (Wildman–Crippen MR) is 143 cm³/mol. The predicted octanol–water partition coefficient (Wildman–Crippen LogP) is 3.07. The highest BCUT2D eigenvalue weighted by Crippen LogP contribution is 2.32. The van der Waals surface area contributed by atoms with Gasteiger partial charge in [0.15, 0.2) is 0 Å². The fourth-order valence-corrected chi connectivity index (χ4v) is 3.89. The van der Waals surface area contributed by atoms with E-state index >= 15 is 0 Å². The Morgan fingerprint density at radius 1 is 1.05 bits per heavy atom. The van der Waals surface area contributed by atoms with E-state index in [1.54, 1.807) is 52.8 Å². The molecule has 0 aliphatic carbocycles. The van der Waals surface area contributed by atoms with Gasteiger partial charge in [-0.05, 0) is 52.2 Å². The summed E-state index contributed by atoms with van der Waals surface area (Å²) < 4.78 is 5.30. The fourth-order valence-electron chi connectivity index (χ4n) is 3.89. The third-order valence-corrected chi connectivity index (χ3v) is 5.73. The summed E-state index contributed by atoms with van der Waals surface area (Å²) >= 11 is 0. The Kier molecular flexibility index (Phi) is 10.7. The van der Waals surface area contributed by atoms with E-state index in [-0.39, 0.29) is 37.2 Å². The number of likely N-dealkylation sites (N-methyl/N-ethyl adjacent to an activating group) is 1. The molecular weight excluding hydrogens is 488 g/mol. The third-order valence-electron chi connectivity index (χ3n) is 5.73. The number of rotatable bonds is 11. The van der Waals surface area contributed by atoms with Gasteiger partial charge in [0.1, 0.15) is 23.4 Å². The maximum atomic E-state index is 13.8. The summed E-state index contributed by atoms with van der Waals surface area (Å²) in [5.74, 6) is -1.91. The smallest absolute Gasteiger partial charge is 0.408 e. The molecule has 2 aromatic carbocycles. The molecule has 0 fully saturated rings. The minimum atomic E-state index is -1.22. The van der Waals surface area contributed by atoms with Crippen LogP contribution in [0.15, 0.2) is 48.5 Å². The quantitative estimate of drug-likeness (QED) is 0.353. The molecule has 0 saturated heterocycles. The second kappa shape index (κ2) is 13.5. The standard InChI is InChI=1S/C28H38N4O6/c1-6-32(26(36)21(15-16-22(29)33)31-27(37)38-28(3,4)5)23(20-14-10-11-18(2)24(20)34)25(35)30-17-19-12-8-7-9-13-19/h7-14,21,23,34H,6,15-17H2,1-5H3,(H2,29,33)(H,30,35)(H,31,37). The molecule has 0 heterocycles. The van der Waals surface area contributed by atoms with Gasteiger partial charge in [0.2, 0.25) is 17.7 Å². The summed E-state index contributed by atoms with van der Waals surface area (Å²) in [4.78, 5) is 52.7. The normalized spacial score (nSPS) is 12.7. The van der Waals surface area contributed by atoms with Crippen LogP contribution < -0.4 is 16.4 Å². The Labute approximate surface area is 223 Å². The lowest BCUT2D eigenvalue weighted by molar-refractivity contribution is -0.142. The van der Waals surface area contributed by atoms with Gasteiger partial charge < -0.3 is 31.1 Å². The number of nitrogens with two attached hydrogens (primary N) is 1. The van der Waals surface area contributed by atoms with Crippen LogP contribution in [-0.4, -0.2) is 52.0 Å². The van der Waals surface area contributed by atoms with E-state index in [4.69, 9.17) is 10.5 Å². The monoisotopic (exact) mass is 526 g/mol. The number of carbonyl (C=O) groups excluding carboxylic acids is 4. The number of phenolic OH excluding ortho intramolecular Hbond substituents is 1. The van der Waals surface area contributed by atoms with Crippen LogP contribution in [0.2, 0.25) is 0 Å². The number of aryl methyl sites for hydroxylation is 1. The zero-order chi connectivity index (χ0) is 28.5. The Bertz CT molecular complexity index is 1130. The van der Waals surface area contributed by atoms with E-state index in [9.17, 15) is 24.3 Å². The number of carbonyl (C=O) groups is 4. The number of amides is 4. The molecule has 0 bridgehead atoms. The first kappa shape index (κ1) is 30.1. The lowest BCUT2D eigenvalue weighted by Gasteiger charge is -2.34. The number of hydrogen-bond acceptors (Lipinski definition) is 6. The van der Waals surface area contributed by atoms with E-state index in [1.807, 2.05) is 30.3 Å². The molecule has 2 atom stereocenters. The summed E-state index contributed by atoms with van der Waals surface area (Å²) in [6, 6.07) is 11.8. The number of hydrogen-bond donors (Lipinski definition) is 4. The number of phenols is 1. The van der Waals surface area contributed by atoms with Crippen molar-refractivity contribution in [3.63, 3.8) is 0 Å². The van der Waals surface area contributed by atoms with E-state index in [0.29, 0.717) is 5.56 Å². The molecule has 10 nitrogen and oxygen atoms in total. The molecule has 5 N–H and O–H groups in total. The molecule has 0 radical (unpaired) electrons. The highest BCUT2D eigenvalue weighted by Gasteiger charge is 2.37. The Hall–Kier alpha value is -4.08. The van der Waals surface area contributed by atoms with Gasteiger partial charge in [-0.15, -0.1) is 0 Å². The van der Waals surface area contributed by atoms with Crippen molar-refractivity contribution in [3.05, 3.63) is 65.2 Å². The summed E-state index contributed by atoms with van der Waals surface area (Å²) in [6.45, 7) is 8.68. The van der Waals surface area contributed by atoms with Crippen LogP contribution in [0, 0.1) is 6.92 Å². The first-order valence-electron chi connectivity index (χ1n) is 12.5. The minimum Gasteiger partial charge on any atom is -0.507 e. The molecule has 2 aromatic rings. The molecule has 38 heavy (non-hydrogen) atoms. The number of primary amides is 1. The first-order chi connectivity index (χ1) is 17.8. The lowest BCUT2D eigenvalue weighted by Crippen LogP contribution is -2.53. The van der Waals surface area contributed by atoms with Crippen molar-refractivity contribution in [1.29, 1.82) is 0 Å². The van der Waals surface area contributed by atoms with Crippen LogP contribution in [0.1, 0.15) is 63.3 Å². The number of nitrogens with zero attached hydrogens (tertiary/aromatic N) is 1. The van der Waals surface area contributed by atoms with Crippen molar-refractivity contribution in [2.75, 3.05) is 6.54 Å². The Morgan fingerprint density at radius 3 is 2.29 bits per heavy atom. The van der Waals surface area contributed by atoms with Crippen molar-refractivity contribution in [2.45, 2.75) is 71.7 Å². The van der Waals surface area contributed by atoms with Crippen molar-refractivity contribution in [1.82, 2.24) is 15.5 Å². The number of aromatic hydroxyl groups is 1. The zero-order valence-corrected chi connectivity index (χ0v) is 22.6. The van der Waals surface area contributed by atoms with Crippen LogP contribution in [0.3, 0.4) is 0 Å². The molecular formula is C28H38N4O6. The SMILES string of the molecule is CCN(C(=O)C(CCC(N)=O)NC(=O)OC(C)(C)C)C(C(=O)NCc1ccccc1)c1cccc(C)c1O. The molecule has 0 aromatic heterocycles. The van der Waals surface area contributed by atoms with Gasteiger partial charge in [-0.2, -0.15) is 0 Å². The molecule has 206 valence electrons. The van der Waals surface area contributed by atoms with Crippen LogP contribution in [0.5, 0.6) is 5.75 Å². The van der Waals surface area contributed by atoms with Gasteiger partial charge in [0, 0.05) is 25.1 Å². The van der Waals surface area contributed by atoms with Crippen LogP contribution in [-0.2, 0) is 25.7 Å². The molecule has 10 heteroatoms. The Morgan fingerprint density at radius 2 is 1.71 bits per heavy atom. The van der Waals surface area contributed by atoms with Crippen molar-refractivity contribution >= 4 is 23.8 Å². The topological polar surface area (TPSA) is 151 Å². The van der Waals surface area contributed by atoms with Crippen molar-refractivity contribution < 1.29 is 29.0 Å². The summed E-state index contributed by atoms with van der Waals surface area (Å²) in [5, 5.41) is 16.2. The molecule has 0 aliphatic heterocycles. The molecule has 2 rings (SSSR count). The molecule has 0 spiro atoms. The summed E-state index contributed by atoms with van der Waals surface area (Å²) in [5.41, 5.74) is 6.11. The highest BCUT2D eigenvalue weighted by atomic mass is 16.6. The lowest BCUT2D eigenvalue weighted by atomic mass is 9.98. The fraction of sp³-hybridized carbons (Fsp3) is 0.429. The van der Waals surface area contributed by atoms with Crippen molar-refractivity contribution in [2.24, 2.45) is 5.73 Å². The van der Waals surface area contributed by atoms with Gasteiger partial charge in [0.05, 0.1) is 0 Å². The summed E-state index contributed by atoms with van der Waals surface area (Å²) in [7, 11) is 0. The number of nitrogens with one attached hydrogen (secondary N) is 2. The minimum absolute atomic E-state index is 0.0682. The van der Waals surface area contributed by atoms with Crippen LogP contribution in [0.4, 0.5) is 4.79 Å². The average Bonchev–Trinajstić information content (AvgIpc) is 2.84. The second-order valence-corrected chi connectivity index (χ2v) is 9.95. The third kappa shape index (κ3) is 8.79. The van der Waals surface area contributed by atoms with E-state index in [0.717, 1.165) is 5.56 Å². The molecule has 0 saturated carbocycles. The molecule has 0 aliphatic rings. The van der Waals surface area contributed by atoms with Gasteiger partial charge in [-0.3, -0.25) is 14.4 Å². The summed E-state index contributed by atoms with van der Waals surface area (Å²) in [6.07, 6.45) is -1.12. The Balaban J connectivity index is 2.44. The van der Waals surface area contributed by atoms with E-state index < -0.39 is 41.5 Å². The second-order valence-electron chi connectivity index (χ2n) is 9.95. The number of alkyl carbamates (subject to hydrolysis) is 1. The van der Waals surface area contributed by atoms with E-state index in [2.05, 4.69) is 10.6 Å². The molecule has 2 unspecified atom stereocenters. The number of para-hydroxylation sites is 1. The van der Waals surface area contributed by atoms with Crippen molar-refractivity contribution in [3.8, 4) is 5.75 Å². The van der Waals surface area contributed by atoms with Crippen LogP contribution in [0.25, 0.3) is 0 Å². The largest absolute Gasteiger partial charge is 0.507 e. The van der Waals surface area contributed by atoms with Gasteiger partial charge in [-0.25, -0.2) is 4.79 Å². The highest BCUT2D eigenvalue weighted by molar-refractivity contribution is 5.93. The first-order valence-corrected chi connectivity index (χ1v) is 12.5. The molecule has 4 amide bonds. The maximum absolute atomic E-state index is 13.8.